The molecule has 0 aliphatic heterocycles. The van der Waals surface area contributed by atoms with Gasteiger partial charge in [0.2, 0.25) is 10.0 Å². The highest BCUT2D eigenvalue weighted by atomic mass is 32.2. The van der Waals surface area contributed by atoms with E-state index in [1.807, 2.05) is 6.92 Å². The summed E-state index contributed by atoms with van der Waals surface area (Å²) < 4.78 is 24.2. The Morgan fingerprint density at radius 3 is 2.46 bits per heavy atom. The van der Waals surface area contributed by atoms with E-state index in [1.54, 1.807) is 6.07 Å². The molecule has 0 saturated carbocycles. The molecule has 0 fully saturated rings. The fourth-order valence-electron chi connectivity index (χ4n) is 0.845. The van der Waals surface area contributed by atoms with E-state index in [1.165, 1.54) is 18.3 Å². The fourth-order valence-corrected chi connectivity index (χ4v) is 1.90. The maximum absolute atomic E-state index is 11.5. The first-order valence-corrected chi connectivity index (χ1v) is 5.82. The lowest BCUT2D eigenvalue weighted by Crippen LogP contribution is -2.34. The lowest BCUT2D eigenvalue weighted by Gasteiger charge is -2.17. The van der Waals surface area contributed by atoms with E-state index in [0.29, 0.717) is 6.54 Å². The van der Waals surface area contributed by atoms with Crippen LogP contribution in [0, 0.1) is 11.3 Å². The molecule has 4 nitrogen and oxygen atoms in total. The monoisotopic (exact) mass is 204 g/mol. The van der Waals surface area contributed by atoms with Crippen LogP contribution in [-0.2, 0) is 10.0 Å². The fraction of sp³-hybridized carbons (Fsp3) is 0.875. The first-order chi connectivity index (χ1) is 5.96. The Morgan fingerprint density at radius 1 is 1.54 bits per heavy atom. The van der Waals surface area contributed by atoms with E-state index in [4.69, 9.17) is 5.26 Å². The summed E-state index contributed by atoms with van der Waals surface area (Å²) in [5.74, 6) is 0. The molecule has 13 heavy (non-hydrogen) atoms. The Labute approximate surface area is 80.2 Å². The Hall–Kier alpha value is -0.600. The summed E-state index contributed by atoms with van der Waals surface area (Å²) in [6, 6.07) is 1.73. The van der Waals surface area contributed by atoms with Gasteiger partial charge in [-0.1, -0.05) is 13.3 Å². The van der Waals surface area contributed by atoms with Gasteiger partial charge >= 0.3 is 0 Å². The van der Waals surface area contributed by atoms with Gasteiger partial charge in [-0.2, -0.15) is 5.26 Å². The maximum atomic E-state index is 11.5. The minimum Gasteiger partial charge on any atom is -0.211 e. The largest absolute Gasteiger partial charge is 0.229 e. The van der Waals surface area contributed by atoms with Crippen molar-refractivity contribution in [3.8, 4) is 6.07 Å². The van der Waals surface area contributed by atoms with Gasteiger partial charge in [0.15, 0.2) is 5.25 Å². The number of nitrogens with zero attached hydrogens (tertiary/aromatic N) is 2. The van der Waals surface area contributed by atoms with Crippen LogP contribution in [0.4, 0.5) is 0 Å². The highest BCUT2D eigenvalue weighted by Crippen LogP contribution is 2.06. The molecule has 0 heterocycles. The smallest absolute Gasteiger partial charge is 0.211 e. The number of sulfonamides is 1. The van der Waals surface area contributed by atoms with Crippen molar-refractivity contribution < 1.29 is 8.42 Å². The minimum atomic E-state index is -3.39. The van der Waals surface area contributed by atoms with Crippen LogP contribution in [0.5, 0.6) is 0 Å². The molecule has 0 aliphatic carbocycles. The van der Waals surface area contributed by atoms with Gasteiger partial charge in [0.1, 0.15) is 0 Å². The average Bonchev–Trinajstić information content (AvgIpc) is 2.12. The molecule has 0 rings (SSSR count). The van der Waals surface area contributed by atoms with Crippen LogP contribution in [0.25, 0.3) is 0 Å². The predicted molar refractivity (Wildman–Crippen MR) is 51.5 cm³/mol. The third-order valence-corrected chi connectivity index (χ3v) is 3.94. The molecule has 0 spiro atoms. The van der Waals surface area contributed by atoms with Gasteiger partial charge in [-0.3, -0.25) is 0 Å². The van der Waals surface area contributed by atoms with Crippen LogP contribution < -0.4 is 0 Å². The second kappa shape index (κ2) is 5.20. The zero-order valence-electron chi connectivity index (χ0n) is 8.32. The van der Waals surface area contributed by atoms with Crippen molar-refractivity contribution in [2.24, 2.45) is 0 Å². The summed E-state index contributed by atoms with van der Waals surface area (Å²) in [6.07, 6.45) is 1.77. The molecular weight excluding hydrogens is 188 g/mol. The van der Waals surface area contributed by atoms with Gasteiger partial charge in [-0.05, 0) is 13.3 Å². The van der Waals surface area contributed by atoms with Crippen LogP contribution in [0.3, 0.4) is 0 Å². The van der Waals surface area contributed by atoms with Gasteiger partial charge in [0.05, 0.1) is 6.07 Å². The van der Waals surface area contributed by atoms with Crippen molar-refractivity contribution in [1.29, 1.82) is 5.26 Å². The van der Waals surface area contributed by atoms with Crippen LogP contribution in [0.15, 0.2) is 0 Å². The molecule has 0 aromatic rings. The van der Waals surface area contributed by atoms with Crippen LogP contribution >= 0.6 is 0 Å². The Kier molecular flexibility index (Phi) is 4.96. The average molecular weight is 204 g/mol. The molecule has 0 aromatic carbocycles. The van der Waals surface area contributed by atoms with Gasteiger partial charge in [-0.15, -0.1) is 0 Å². The van der Waals surface area contributed by atoms with Crippen molar-refractivity contribution in [3.05, 3.63) is 0 Å². The summed E-state index contributed by atoms with van der Waals surface area (Å²) in [5.41, 5.74) is 0. The normalized spacial score (nSPS) is 14.1. The van der Waals surface area contributed by atoms with Gasteiger partial charge < -0.3 is 0 Å². The van der Waals surface area contributed by atoms with E-state index in [-0.39, 0.29) is 0 Å². The highest BCUT2D eigenvalue weighted by molar-refractivity contribution is 7.89. The van der Waals surface area contributed by atoms with Crippen molar-refractivity contribution in [2.45, 2.75) is 31.9 Å². The van der Waals surface area contributed by atoms with E-state index in [2.05, 4.69) is 0 Å². The number of hydrogen-bond acceptors (Lipinski definition) is 3. The second-order valence-corrected chi connectivity index (χ2v) is 5.35. The number of rotatable bonds is 5. The number of hydrogen-bond donors (Lipinski definition) is 0. The van der Waals surface area contributed by atoms with Gasteiger partial charge in [-0.25, -0.2) is 12.7 Å². The topological polar surface area (TPSA) is 61.2 Å². The summed E-state index contributed by atoms with van der Waals surface area (Å²) in [4.78, 5) is 0. The van der Waals surface area contributed by atoms with Crippen molar-refractivity contribution in [3.63, 3.8) is 0 Å². The molecule has 0 aromatic heterocycles. The Balaban J connectivity index is 4.39. The van der Waals surface area contributed by atoms with E-state index in [9.17, 15) is 8.42 Å². The first-order valence-electron chi connectivity index (χ1n) is 4.31. The molecule has 76 valence electrons. The molecule has 0 radical (unpaired) electrons. The summed E-state index contributed by atoms with van der Waals surface area (Å²) >= 11 is 0. The Bertz CT molecular complexity index is 279. The lowest BCUT2D eigenvalue weighted by molar-refractivity contribution is 0.456. The van der Waals surface area contributed by atoms with Gasteiger partial charge in [0.25, 0.3) is 0 Å². The summed E-state index contributed by atoms with van der Waals surface area (Å²) in [6.45, 7) is 3.89. The van der Waals surface area contributed by atoms with E-state index < -0.39 is 15.3 Å². The zero-order chi connectivity index (χ0) is 10.5. The van der Waals surface area contributed by atoms with E-state index >= 15 is 0 Å². The third-order valence-electron chi connectivity index (χ3n) is 1.89. The molecule has 5 heteroatoms. The van der Waals surface area contributed by atoms with Crippen LogP contribution in [0.2, 0.25) is 0 Å². The van der Waals surface area contributed by atoms with Gasteiger partial charge in [0, 0.05) is 13.6 Å². The molecule has 0 saturated heterocycles. The predicted octanol–water partition coefficient (Wildman–Crippen LogP) is 0.960. The summed E-state index contributed by atoms with van der Waals surface area (Å²) in [5, 5.41) is 7.54. The quantitative estimate of drug-likeness (QED) is 0.670. The molecule has 1 unspecified atom stereocenters. The van der Waals surface area contributed by atoms with Crippen molar-refractivity contribution >= 4 is 10.0 Å². The maximum Gasteiger partial charge on any atom is 0.229 e. The number of nitriles is 1. The lowest BCUT2D eigenvalue weighted by atomic mass is 10.3. The van der Waals surface area contributed by atoms with Crippen molar-refractivity contribution in [2.75, 3.05) is 13.6 Å². The molecule has 1 atom stereocenters. The zero-order valence-corrected chi connectivity index (χ0v) is 9.13. The highest BCUT2D eigenvalue weighted by Gasteiger charge is 2.24. The molecule has 0 N–H and O–H groups in total. The number of unbranched alkanes of at least 4 members (excludes halogenated alkanes) is 1. The summed E-state index contributed by atoms with van der Waals surface area (Å²) in [7, 11) is -1.88. The standard InChI is InChI=1S/C8H16N2O2S/c1-4-5-6-10(3)13(11,12)8(2)7-9/h8H,4-6H2,1-3H3. The molecule has 0 amide bonds. The molecule has 0 aliphatic rings. The third kappa shape index (κ3) is 3.33. The second-order valence-electron chi connectivity index (χ2n) is 2.99. The molecular formula is C8H16N2O2S. The van der Waals surface area contributed by atoms with Crippen LogP contribution in [0.1, 0.15) is 26.7 Å². The first kappa shape index (κ1) is 12.4. The SMILES string of the molecule is CCCCN(C)S(=O)(=O)C(C)C#N. The minimum absolute atomic E-state index is 0.491. The Morgan fingerprint density at radius 2 is 2.08 bits per heavy atom. The van der Waals surface area contributed by atoms with Crippen LogP contribution in [-0.4, -0.2) is 31.6 Å². The van der Waals surface area contributed by atoms with Crippen molar-refractivity contribution in [1.82, 2.24) is 4.31 Å². The molecule has 0 bridgehead atoms. The van der Waals surface area contributed by atoms with E-state index in [0.717, 1.165) is 12.8 Å².